The molecule has 1 atom stereocenters. The van der Waals surface area contributed by atoms with Crippen LogP contribution in [0.25, 0.3) is 0 Å². The zero-order chi connectivity index (χ0) is 16.8. The van der Waals surface area contributed by atoms with Crippen molar-refractivity contribution in [1.29, 1.82) is 0 Å². The molecule has 1 saturated carbocycles. The number of benzene rings is 1. The Kier molecular flexibility index (Phi) is 3.44. The SMILES string of the molecule is COc1cccc(N2CC(N3C(=O)CN(C4CC4)C3=O)CC2=O)c1. The highest BCUT2D eigenvalue weighted by molar-refractivity contribution is 6.05. The van der Waals surface area contributed by atoms with Gasteiger partial charge in [-0.25, -0.2) is 4.79 Å². The number of urea groups is 1. The first-order valence-corrected chi connectivity index (χ1v) is 8.15. The first kappa shape index (κ1) is 15.0. The Balaban J connectivity index is 1.53. The highest BCUT2D eigenvalue weighted by Gasteiger charge is 2.49. The Hall–Kier alpha value is -2.57. The fourth-order valence-electron chi connectivity index (χ4n) is 3.46. The summed E-state index contributed by atoms with van der Waals surface area (Å²) in [5.74, 6) is 0.382. The van der Waals surface area contributed by atoms with Gasteiger partial charge < -0.3 is 14.5 Å². The molecule has 0 aromatic heterocycles. The minimum absolute atomic E-state index is 0.0845. The zero-order valence-electron chi connectivity index (χ0n) is 13.5. The topological polar surface area (TPSA) is 70.2 Å². The third-order valence-corrected chi connectivity index (χ3v) is 4.85. The molecule has 126 valence electrons. The zero-order valence-corrected chi connectivity index (χ0v) is 13.5. The van der Waals surface area contributed by atoms with Crippen LogP contribution in [-0.2, 0) is 9.59 Å². The molecule has 7 heteroatoms. The molecular formula is C17H19N3O4. The van der Waals surface area contributed by atoms with Gasteiger partial charge in [-0.1, -0.05) is 6.07 Å². The second-order valence-corrected chi connectivity index (χ2v) is 6.47. The van der Waals surface area contributed by atoms with Gasteiger partial charge in [0.1, 0.15) is 12.3 Å². The van der Waals surface area contributed by atoms with E-state index in [1.807, 2.05) is 18.2 Å². The maximum absolute atomic E-state index is 12.5. The summed E-state index contributed by atoms with van der Waals surface area (Å²) in [6.45, 7) is 0.481. The summed E-state index contributed by atoms with van der Waals surface area (Å²) < 4.78 is 5.19. The van der Waals surface area contributed by atoms with Crippen LogP contribution < -0.4 is 9.64 Å². The normalized spacial score (nSPS) is 24.3. The Bertz CT molecular complexity index is 716. The molecule has 2 heterocycles. The van der Waals surface area contributed by atoms with Gasteiger partial charge in [0.15, 0.2) is 0 Å². The largest absolute Gasteiger partial charge is 0.497 e. The first-order chi connectivity index (χ1) is 11.6. The van der Waals surface area contributed by atoms with Crippen LogP contribution in [0.3, 0.4) is 0 Å². The van der Waals surface area contributed by atoms with Crippen LogP contribution in [0.2, 0.25) is 0 Å². The van der Waals surface area contributed by atoms with E-state index in [1.165, 1.54) is 4.90 Å². The molecule has 1 aliphatic carbocycles. The van der Waals surface area contributed by atoms with Crippen molar-refractivity contribution in [3.05, 3.63) is 24.3 Å². The molecule has 2 aliphatic heterocycles. The Morgan fingerprint density at radius 2 is 1.88 bits per heavy atom. The Labute approximate surface area is 139 Å². The molecule has 0 N–H and O–H groups in total. The van der Waals surface area contributed by atoms with Crippen LogP contribution in [0.15, 0.2) is 24.3 Å². The average Bonchev–Trinajstić information content (AvgIpc) is 3.29. The molecule has 0 spiro atoms. The third kappa shape index (κ3) is 2.40. The van der Waals surface area contributed by atoms with Gasteiger partial charge in [0, 0.05) is 30.8 Å². The molecule has 0 bridgehead atoms. The maximum Gasteiger partial charge on any atom is 0.327 e. The van der Waals surface area contributed by atoms with Crippen LogP contribution >= 0.6 is 0 Å². The number of rotatable bonds is 4. The van der Waals surface area contributed by atoms with Crippen molar-refractivity contribution < 1.29 is 19.1 Å². The van der Waals surface area contributed by atoms with Crippen molar-refractivity contribution in [2.24, 2.45) is 0 Å². The van der Waals surface area contributed by atoms with Crippen molar-refractivity contribution in [2.45, 2.75) is 31.3 Å². The van der Waals surface area contributed by atoms with Gasteiger partial charge >= 0.3 is 6.03 Å². The second kappa shape index (κ2) is 5.51. The molecule has 0 radical (unpaired) electrons. The molecular weight excluding hydrogens is 310 g/mol. The van der Waals surface area contributed by atoms with Crippen LogP contribution in [0, 0.1) is 0 Å². The fraction of sp³-hybridized carbons (Fsp3) is 0.471. The molecule has 3 fully saturated rings. The number of methoxy groups -OCH3 is 1. The number of amides is 4. The van der Waals surface area contributed by atoms with Crippen LogP contribution in [0.5, 0.6) is 5.75 Å². The van der Waals surface area contributed by atoms with Gasteiger partial charge in [-0.3, -0.25) is 14.5 Å². The van der Waals surface area contributed by atoms with Gasteiger partial charge in [-0.2, -0.15) is 0 Å². The van der Waals surface area contributed by atoms with Crippen molar-refractivity contribution in [2.75, 3.05) is 25.1 Å². The van der Waals surface area contributed by atoms with E-state index in [0.717, 1.165) is 18.5 Å². The second-order valence-electron chi connectivity index (χ2n) is 6.47. The number of imide groups is 1. The number of anilines is 1. The van der Waals surface area contributed by atoms with Crippen molar-refractivity contribution in [3.63, 3.8) is 0 Å². The maximum atomic E-state index is 12.5. The minimum Gasteiger partial charge on any atom is -0.497 e. The van der Waals surface area contributed by atoms with E-state index in [4.69, 9.17) is 4.74 Å². The first-order valence-electron chi connectivity index (χ1n) is 8.15. The smallest absolute Gasteiger partial charge is 0.327 e. The molecule has 4 rings (SSSR count). The summed E-state index contributed by atoms with van der Waals surface area (Å²) in [5.41, 5.74) is 0.722. The van der Waals surface area contributed by atoms with Crippen molar-refractivity contribution in [1.82, 2.24) is 9.80 Å². The predicted octanol–water partition coefficient (Wildman–Crippen LogP) is 1.23. The summed E-state index contributed by atoms with van der Waals surface area (Å²) in [6, 6.07) is 6.80. The third-order valence-electron chi connectivity index (χ3n) is 4.85. The lowest BCUT2D eigenvalue weighted by molar-refractivity contribution is -0.126. The quantitative estimate of drug-likeness (QED) is 0.779. The van der Waals surface area contributed by atoms with Gasteiger partial charge in [0.25, 0.3) is 5.91 Å². The molecule has 1 aromatic rings. The summed E-state index contributed by atoms with van der Waals surface area (Å²) in [4.78, 5) is 41.7. The average molecular weight is 329 g/mol. The van der Waals surface area contributed by atoms with E-state index in [0.29, 0.717) is 12.3 Å². The van der Waals surface area contributed by atoms with Crippen LogP contribution in [0.4, 0.5) is 10.5 Å². The fourth-order valence-corrected chi connectivity index (χ4v) is 3.46. The molecule has 7 nitrogen and oxygen atoms in total. The number of nitrogens with zero attached hydrogens (tertiary/aromatic N) is 3. The van der Waals surface area contributed by atoms with Crippen molar-refractivity contribution in [3.8, 4) is 5.75 Å². The van der Waals surface area contributed by atoms with Gasteiger partial charge in [-0.15, -0.1) is 0 Å². The summed E-state index contributed by atoms with van der Waals surface area (Å²) >= 11 is 0. The van der Waals surface area contributed by atoms with Gasteiger partial charge in [0.2, 0.25) is 5.91 Å². The predicted molar refractivity (Wildman–Crippen MR) is 85.7 cm³/mol. The molecule has 3 aliphatic rings. The number of carbonyl (C=O) groups excluding carboxylic acids is 3. The van der Waals surface area contributed by atoms with E-state index < -0.39 is 6.04 Å². The van der Waals surface area contributed by atoms with E-state index in [-0.39, 0.29) is 36.9 Å². The van der Waals surface area contributed by atoms with Gasteiger partial charge in [0.05, 0.1) is 13.2 Å². The van der Waals surface area contributed by atoms with Crippen LogP contribution in [-0.4, -0.2) is 59.9 Å². The summed E-state index contributed by atoms with van der Waals surface area (Å²) in [7, 11) is 1.57. The lowest BCUT2D eigenvalue weighted by Crippen LogP contribution is -2.43. The van der Waals surface area contributed by atoms with Crippen LogP contribution in [0.1, 0.15) is 19.3 Å². The summed E-state index contributed by atoms with van der Waals surface area (Å²) in [5, 5.41) is 0. The lowest BCUT2D eigenvalue weighted by atomic mass is 10.2. The molecule has 2 saturated heterocycles. The molecule has 24 heavy (non-hydrogen) atoms. The van der Waals surface area contributed by atoms with E-state index in [1.54, 1.807) is 23.0 Å². The van der Waals surface area contributed by atoms with E-state index in [9.17, 15) is 14.4 Å². The van der Waals surface area contributed by atoms with Crippen molar-refractivity contribution >= 4 is 23.5 Å². The van der Waals surface area contributed by atoms with Gasteiger partial charge in [-0.05, 0) is 25.0 Å². The molecule has 1 aromatic carbocycles. The van der Waals surface area contributed by atoms with E-state index in [2.05, 4.69) is 0 Å². The molecule has 4 amide bonds. The lowest BCUT2D eigenvalue weighted by Gasteiger charge is -2.23. The Morgan fingerprint density at radius 3 is 2.58 bits per heavy atom. The van der Waals surface area contributed by atoms with E-state index >= 15 is 0 Å². The summed E-state index contributed by atoms with van der Waals surface area (Å²) in [6.07, 6.45) is 2.10. The highest BCUT2D eigenvalue weighted by Crippen LogP contribution is 2.33. The monoisotopic (exact) mass is 329 g/mol. The standard InChI is InChI=1S/C17H19N3O4/c1-24-14-4-2-3-12(7-14)18-9-13(8-15(18)21)20-16(22)10-19(17(20)23)11-5-6-11/h2-4,7,11,13H,5-6,8-10H2,1H3. The number of hydrogen-bond acceptors (Lipinski definition) is 4. The Morgan fingerprint density at radius 1 is 1.08 bits per heavy atom. The number of hydrogen-bond donors (Lipinski definition) is 0. The number of carbonyl (C=O) groups is 3. The molecule has 1 unspecified atom stereocenters. The minimum atomic E-state index is -0.396. The number of ether oxygens (including phenoxy) is 1. The highest BCUT2D eigenvalue weighted by atomic mass is 16.5.